The van der Waals surface area contributed by atoms with Crippen molar-refractivity contribution in [2.75, 3.05) is 0 Å². The normalized spacial score (nSPS) is 10.5. The molecule has 0 atom stereocenters. The Morgan fingerprint density at radius 1 is 1.07 bits per heavy atom. The van der Waals surface area contributed by atoms with Gasteiger partial charge in [-0.3, -0.25) is 0 Å². The minimum Gasteiger partial charge on any atom is -0.418 e. The van der Waals surface area contributed by atoms with Crippen molar-refractivity contribution in [1.29, 1.82) is 0 Å². The Bertz CT molecular complexity index is 272. The molecule has 1 aromatic rings. The summed E-state index contributed by atoms with van der Waals surface area (Å²) in [7, 11) is -6.00. The second kappa shape index (κ2) is 5.00. The van der Waals surface area contributed by atoms with Crippen LogP contribution in [-0.2, 0) is 0 Å². The van der Waals surface area contributed by atoms with Crippen LogP contribution in [0.1, 0.15) is 11.1 Å². The van der Waals surface area contributed by atoms with E-state index in [1.165, 1.54) is 11.1 Å². The quantitative estimate of drug-likeness (QED) is 0.502. The number of rotatable bonds is 0. The van der Waals surface area contributed by atoms with Gasteiger partial charge in [0.15, 0.2) is 0 Å². The summed E-state index contributed by atoms with van der Waals surface area (Å²) < 4.78 is 39.0. The summed E-state index contributed by atoms with van der Waals surface area (Å²) in [6.45, 7) is 4.20. The summed E-state index contributed by atoms with van der Waals surface area (Å²) in [5.41, 5.74) is 7.64. The molecule has 0 saturated carbocycles. The minimum atomic E-state index is -6.00. The highest BCUT2D eigenvalue weighted by atomic mass is 19.5. The van der Waals surface area contributed by atoms with Gasteiger partial charge in [-0.25, -0.2) is 0 Å². The van der Waals surface area contributed by atoms with Crippen molar-refractivity contribution >= 4 is 12.9 Å². The number of benzene rings is 1. The summed E-state index contributed by atoms with van der Waals surface area (Å²) >= 11 is 0. The smallest absolute Gasteiger partial charge is 0.418 e. The number of halogens is 4. The van der Waals surface area contributed by atoms with Crippen LogP contribution in [-0.4, -0.2) is 7.25 Å². The Balaban J connectivity index is 0.000000292. The Morgan fingerprint density at radius 2 is 1.50 bits per heavy atom. The first-order chi connectivity index (χ1) is 6.22. The molecular formula is C8H12BF4N. The number of aryl methyl sites for hydroxylation is 1. The molecule has 0 fully saturated rings. The standard InChI is InChI=1S/C8H11N.BF4/c1-6-4-3-5-8(9)7(6)2;2-1(3,4)5/h3-5H,9H2,1-2H3;/q;-1/p+1. The van der Waals surface area contributed by atoms with Gasteiger partial charge in [-0.1, -0.05) is 12.1 Å². The summed E-state index contributed by atoms with van der Waals surface area (Å²) in [6, 6.07) is 6.16. The zero-order chi connectivity index (χ0) is 11.4. The first-order valence-electron chi connectivity index (χ1n) is 3.97. The first kappa shape index (κ1) is 13.0. The van der Waals surface area contributed by atoms with Gasteiger partial charge in [-0.15, -0.1) is 0 Å². The Kier molecular flexibility index (Phi) is 4.63. The number of quaternary nitrogens is 1. The molecule has 0 aromatic heterocycles. The molecule has 1 rings (SSSR count). The van der Waals surface area contributed by atoms with Crippen LogP contribution < -0.4 is 5.73 Å². The van der Waals surface area contributed by atoms with E-state index in [4.69, 9.17) is 0 Å². The third kappa shape index (κ3) is 6.48. The van der Waals surface area contributed by atoms with Gasteiger partial charge >= 0.3 is 7.25 Å². The highest BCUT2D eigenvalue weighted by Gasteiger charge is 2.20. The molecule has 0 saturated heterocycles. The zero-order valence-corrected chi connectivity index (χ0v) is 8.03. The Labute approximate surface area is 80.0 Å². The third-order valence-corrected chi connectivity index (χ3v) is 1.72. The predicted molar refractivity (Wildman–Crippen MR) is 48.7 cm³/mol. The number of hydrogen-bond donors (Lipinski definition) is 1. The molecule has 0 aliphatic carbocycles. The lowest BCUT2D eigenvalue weighted by Gasteiger charge is -1.97. The lowest BCUT2D eigenvalue weighted by Crippen LogP contribution is -2.41. The van der Waals surface area contributed by atoms with Gasteiger partial charge in [0.1, 0.15) is 5.69 Å². The van der Waals surface area contributed by atoms with Gasteiger partial charge in [0.05, 0.1) is 0 Å². The van der Waals surface area contributed by atoms with Crippen molar-refractivity contribution in [2.24, 2.45) is 0 Å². The Morgan fingerprint density at radius 3 is 1.79 bits per heavy atom. The van der Waals surface area contributed by atoms with Crippen molar-refractivity contribution in [3.8, 4) is 0 Å². The average Bonchev–Trinajstić information content (AvgIpc) is 1.97. The van der Waals surface area contributed by atoms with E-state index in [0.717, 1.165) is 5.69 Å². The van der Waals surface area contributed by atoms with E-state index >= 15 is 0 Å². The topological polar surface area (TPSA) is 27.6 Å². The van der Waals surface area contributed by atoms with E-state index in [2.05, 4.69) is 25.6 Å². The van der Waals surface area contributed by atoms with Gasteiger partial charge in [0.25, 0.3) is 0 Å². The Hall–Kier alpha value is -1.04. The van der Waals surface area contributed by atoms with E-state index in [9.17, 15) is 17.3 Å². The summed E-state index contributed by atoms with van der Waals surface area (Å²) in [5.74, 6) is 0. The van der Waals surface area contributed by atoms with Crippen LogP contribution in [0.15, 0.2) is 18.2 Å². The van der Waals surface area contributed by atoms with Crippen molar-refractivity contribution in [3.63, 3.8) is 0 Å². The molecule has 3 N–H and O–H groups in total. The second-order valence-corrected chi connectivity index (χ2v) is 2.85. The van der Waals surface area contributed by atoms with Crippen LogP contribution in [0.3, 0.4) is 0 Å². The van der Waals surface area contributed by atoms with E-state index < -0.39 is 7.25 Å². The molecule has 0 aliphatic rings. The monoisotopic (exact) mass is 209 g/mol. The average molecular weight is 209 g/mol. The lowest BCUT2D eigenvalue weighted by molar-refractivity contribution is -0.255. The van der Waals surface area contributed by atoms with Gasteiger partial charge < -0.3 is 23.0 Å². The molecule has 6 heteroatoms. The minimum absolute atomic E-state index is 1.13. The molecule has 0 amide bonds. The van der Waals surface area contributed by atoms with Crippen LogP contribution in [0.25, 0.3) is 0 Å². The van der Waals surface area contributed by atoms with Crippen LogP contribution in [0.2, 0.25) is 0 Å². The van der Waals surface area contributed by atoms with Crippen LogP contribution in [0, 0.1) is 13.8 Å². The molecule has 0 unspecified atom stereocenters. The van der Waals surface area contributed by atoms with E-state index in [1.54, 1.807) is 0 Å². The fourth-order valence-electron chi connectivity index (χ4n) is 0.812. The van der Waals surface area contributed by atoms with Crippen molar-refractivity contribution in [1.82, 2.24) is 0 Å². The summed E-state index contributed by atoms with van der Waals surface area (Å²) in [4.78, 5) is 0. The SMILES string of the molecule is Cc1cccc([NH3+])c1C.F[B-](F)(F)F. The van der Waals surface area contributed by atoms with Gasteiger partial charge in [-0.2, -0.15) is 0 Å². The molecule has 14 heavy (non-hydrogen) atoms. The molecule has 1 aromatic carbocycles. The van der Waals surface area contributed by atoms with E-state index in [0.29, 0.717) is 0 Å². The maximum atomic E-state index is 9.75. The van der Waals surface area contributed by atoms with Crippen LogP contribution in [0.5, 0.6) is 0 Å². The molecule has 80 valence electrons. The van der Waals surface area contributed by atoms with Crippen LogP contribution in [0.4, 0.5) is 23.0 Å². The fourth-order valence-corrected chi connectivity index (χ4v) is 0.812. The molecule has 0 radical (unpaired) electrons. The van der Waals surface area contributed by atoms with Crippen molar-refractivity contribution in [2.45, 2.75) is 13.8 Å². The molecule has 0 bridgehead atoms. The second-order valence-electron chi connectivity index (χ2n) is 2.85. The maximum Gasteiger partial charge on any atom is 0.673 e. The maximum absolute atomic E-state index is 9.75. The van der Waals surface area contributed by atoms with Crippen molar-refractivity contribution < 1.29 is 23.0 Å². The molecule has 0 heterocycles. The first-order valence-corrected chi connectivity index (χ1v) is 3.97. The largest absolute Gasteiger partial charge is 0.673 e. The molecule has 0 spiro atoms. The van der Waals surface area contributed by atoms with Gasteiger partial charge in [-0.05, 0) is 25.5 Å². The fraction of sp³-hybridized carbons (Fsp3) is 0.250. The van der Waals surface area contributed by atoms with Crippen LogP contribution >= 0.6 is 0 Å². The third-order valence-electron chi connectivity index (χ3n) is 1.72. The molecule has 0 aliphatic heterocycles. The zero-order valence-electron chi connectivity index (χ0n) is 8.03. The van der Waals surface area contributed by atoms with E-state index in [-0.39, 0.29) is 0 Å². The molecular weight excluding hydrogens is 197 g/mol. The van der Waals surface area contributed by atoms with Gasteiger partial charge in [0, 0.05) is 5.56 Å². The number of hydrogen-bond acceptors (Lipinski definition) is 0. The lowest BCUT2D eigenvalue weighted by atomic mass is 10.1. The van der Waals surface area contributed by atoms with E-state index in [1.807, 2.05) is 12.1 Å². The highest BCUT2D eigenvalue weighted by Crippen LogP contribution is 2.11. The summed E-state index contributed by atoms with van der Waals surface area (Å²) in [6.07, 6.45) is 0. The predicted octanol–water partition coefficient (Wildman–Crippen LogP) is 2.48. The summed E-state index contributed by atoms with van der Waals surface area (Å²) in [5, 5.41) is 0. The molecule has 1 nitrogen and oxygen atoms in total. The highest BCUT2D eigenvalue weighted by molar-refractivity contribution is 6.50. The van der Waals surface area contributed by atoms with Crippen molar-refractivity contribution in [3.05, 3.63) is 29.3 Å². The van der Waals surface area contributed by atoms with Gasteiger partial charge in [0.2, 0.25) is 0 Å².